The molecule has 0 spiro atoms. The number of aryl methyl sites for hydroxylation is 1. The van der Waals surface area contributed by atoms with Gasteiger partial charge in [0.05, 0.1) is 13.3 Å². The van der Waals surface area contributed by atoms with E-state index >= 15 is 0 Å². The van der Waals surface area contributed by atoms with Crippen molar-refractivity contribution in [2.24, 2.45) is 0 Å². The SMILES string of the molecule is [CH2+]CCc1ccccc1. The molecule has 0 unspecified atom stereocenters. The van der Waals surface area contributed by atoms with Crippen LogP contribution in [0.3, 0.4) is 0 Å². The number of benzene rings is 1. The summed E-state index contributed by atoms with van der Waals surface area (Å²) in [6.07, 6.45) is 2.09. The lowest BCUT2D eigenvalue weighted by atomic mass is 10.1. The summed E-state index contributed by atoms with van der Waals surface area (Å²) in [5, 5.41) is 0. The van der Waals surface area contributed by atoms with E-state index < -0.39 is 0 Å². The summed E-state index contributed by atoms with van der Waals surface area (Å²) in [5.74, 6) is 0. The molecule has 1 aromatic carbocycles. The molecule has 0 saturated heterocycles. The Morgan fingerprint density at radius 2 is 1.78 bits per heavy atom. The lowest BCUT2D eigenvalue weighted by molar-refractivity contribution is 1.000. The summed E-state index contributed by atoms with van der Waals surface area (Å²) >= 11 is 0. The Labute approximate surface area is 56.5 Å². The first-order valence-corrected chi connectivity index (χ1v) is 3.26. The van der Waals surface area contributed by atoms with Gasteiger partial charge in [0, 0.05) is 6.42 Å². The molecule has 9 heavy (non-hydrogen) atoms. The van der Waals surface area contributed by atoms with Gasteiger partial charge in [-0.15, -0.1) is 0 Å². The van der Waals surface area contributed by atoms with Gasteiger partial charge in [-0.2, -0.15) is 0 Å². The van der Waals surface area contributed by atoms with Gasteiger partial charge in [0.25, 0.3) is 0 Å². The molecule has 0 aliphatic rings. The van der Waals surface area contributed by atoms with Gasteiger partial charge < -0.3 is 0 Å². The second-order valence-electron chi connectivity index (χ2n) is 2.09. The van der Waals surface area contributed by atoms with Gasteiger partial charge in [0.1, 0.15) is 0 Å². The predicted octanol–water partition coefficient (Wildman–Crippen LogP) is 2.45. The highest BCUT2D eigenvalue weighted by Crippen LogP contribution is 2.00. The third kappa shape index (κ3) is 1.80. The van der Waals surface area contributed by atoms with Crippen molar-refractivity contribution in [1.82, 2.24) is 0 Å². The minimum absolute atomic E-state index is 0.990. The van der Waals surface area contributed by atoms with Gasteiger partial charge in [0.15, 0.2) is 0 Å². The van der Waals surface area contributed by atoms with Crippen molar-refractivity contribution in [1.29, 1.82) is 0 Å². The van der Waals surface area contributed by atoms with E-state index in [-0.39, 0.29) is 0 Å². The fourth-order valence-corrected chi connectivity index (χ4v) is 0.849. The Morgan fingerprint density at radius 3 is 2.33 bits per heavy atom. The Bertz CT molecular complexity index is 153. The van der Waals surface area contributed by atoms with Crippen LogP contribution in [-0.2, 0) is 6.42 Å². The summed E-state index contributed by atoms with van der Waals surface area (Å²) < 4.78 is 0. The molecular formula is C9H11+. The second-order valence-corrected chi connectivity index (χ2v) is 2.09. The van der Waals surface area contributed by atoms with Crippen LogP contribution in [0.4, 0.5) is 0 Å². The summed E-state index contributed by atoms with van der Waals surface area (Å²) in [7, 11) is 0. The predicted molar refractivity (Wildman–Crippen MR) is 40.1 cm³/mol. The van der Waals surface area contributed by atoms with Crippen molar-refractivity contribution in [3.63, 3.8) is 0 Å². The fourth-order valence-electron chi connectivity index (χ4n) is 0.849. The van der Waals surface area contributed by atoms with E-state index in [0.717, 1.165) is 12.8 Å². The highest BCUT2D eigenvalue weighted by Gasteiger charge is 1.88. The number of hydrogen-bond donors (Lipinski definition) is 0. The second kappa shape index (κ2) is 3.18. The first-order chi connectivity index (χ1) is 4.43. The van der Waals surface area contributed by atoms with E-state index in [0.29, 0.717) is 0 Å². The van der Waals surface area contributed by atoms with Crippen molar-refractivity contribution in [2.45, 2.75) is 12.8 Å². The zero-order valence-corrected chi connectivity index (χ0v) is 5.51. The van der Waals surface area contributed by atoms with Crippen LogP contribution < -0.4 is 0 Å². The summed E-state index contributed by atoms with van der Waals surface area (Å²) in [4.78, 5) is 0. The van der Waals surface area contributed by atoms with E-state index in [1.54, 1.807) is 0 Å². The molecular weight excluding hydrogens is 108 g/mol. The fraction of sp³-hybridized carbons (Fsp3) is 0.222. The molecule has 0 bridgehead atoms. The highest BCUT2D eigenvalue weighted by atomic mass is 13.9. The van der Waals surface area contributed by atoms with Crippen molar-refractivity contribution in [2.75, 3.05) is 0 Å². The molecule has 46 valence electrons. The van der Waals surface area contributed by atoms with E-state index in [1.807, 2.05) is 6.07 Å². The smallest absolute Gasteiger partial charge is 0.0622 e. The molecule has 0 aromatic heterocycles. The van der Waals surface area contributed by atoms with Crippen LogP contribution >= 0.6 is 0 Å². The van der Waals surface area contributed by atoms with Gasteiger partial charge in [0.2, 0.25) is 0 Å². The molecule has 0 heterocycles. The van der Waals surface area contributed by atoms with Crippen LogP contribution in [0.15, 0.2) is 30.3 Å². The number of rotatable bonds is 2. The molecule has 0 aliphatic carbocycles. The normalized spacial score (nSPS) is 9.33. The van der Waals surface area contributed by atoms with E-state index in [1.165, 1.54) is 5.56 Å². The standard InChI is InChI=1S/C9H11/c1-2-6-9-7-4-3-5-8-9/h3-5,7-8H,1-2,6H2/q+1. The minimum Gasteiger partial charge on any atom is -0.0622 e. The Kier molecular flexibility index (Phi) is 2.20. The van der Waals surface area contributed by atoms with E-state index in [2.05, 4.69) is 31.2 Å². The van der Waals surface area contributed by atoms with Crippen LogP contribution in [0, 0.1) is 6.92 Å². The molecule has 1 aromatic rings. The van der Waals surface area contributed by atoms with E-state index in [4.69, 9.17) is 0 Å². The molecule has 0 radical (unpaired) electrons. The summed E-state index contributed by atoms with van der Waals surface area (Å²) in [6.45, 7) is 3.78. The van der Waals surface area contributed by atoms with Gasteiger partial charge in [-0.1, -0.05) is 30.3 Å². The third-order valence-electron chi connectivity index (χ3n) is 1.31. The molecule has 0 N–H and O–H groups in total. The topological polar surface area (TPSA) is 0 Å². The Hall–Kier alpha value is -0.910. The summed E-state index contributed by atoms with van der Waals surface area (Å²) in [6, 6.07) is 10.4. The van der Waals surface area contributed by atoms with Crippen LogP contribution in [0.5, 0.6) is 0 Å². The number of hydrogen-bond acceptors (Lipinski definition) is 0. The Balaban J connectivity index is 2.61. The van der Waals surface area contributed by atoms with Crippen LogP contribution in [-0.4, -0.2) is 0 Å². The van der Waals surface area contributed by atoms with Crippen LogP contribution in [0.1, 0.15) is 12.0 Å². The molecule has 0 nitrogen and oxygen atoms in total. The Morgan fingerprint density at radius 1 is 1.11 bits per heavy atom. The van der Waals surface area contributed by atoms with Gasteiger partial charge in [-0.3, -0.25) is 0 Å². The monoisotopic (exact) mass is 119 g/mol. The molecule has 0 saturated carbocycles. The van der Waals surface area contributed by atoms with Crippen LogP contribution in [0.2, 0.25) is 0 Å². The first kappa shape index (κ1) is 6.21. The van der Waals surface area contributed by atoms with Crippen molar-refractivity contribution in [3.8, 4) is 0 Å². The lowest BCUT2D eigenvalue weighted by Gasteiger charge is -1.91. The van der Waals surface area contributed by atoms with Crippen LogP contribution in [0.25, 0.3) is 0 Å². The third-order valence-corrected chi connectivity index (χ3v) is 1.31. The lowest BCUT2D eigenvalue weighted by Crippen LogP contribution is -1.79. The average Bonchev–Trinajstić information content (AvgIpc) is 1.91. The maximum atomic E-state index is 3.78. The van der Waals surface area contributed by atoms with Gasteiger partial charge >= 0.3 is 0 Å². The maximum absolute atomic E-state index is 3.78. The molecule has 0 aliphatic heterocycles. The van der Waals surface area contributed by atoms with E-state index in [9.17, 15) is 0 Å². The van der Waals surface area contributed by atoms with Crippen molar-refractivity contribution >= 4 is 0 Å². The molecule has 0 atom stereocenters. The van der Waals surface area contributed by atoms with Gasteiger partial charge in [-0.25, -0.2) is 0 Å². The molecule has 0 fully saturated rings. The van der Waals surface area contributed by atoms with Crippen molar-refractivity contribution in [3.05, 3.63) is 42.8 Å². The largest absolute Gasteiger partial charge is 0.0890 e. The zero-order valence-electron chi connectivity index (χ0n) is 5.51. The minimum atomic E-state index is 0.990. The molecule has 0 heteroatoms. The van der Waals surface area contributed by atoms with Crippen molar-refractivity contribution < 1.29 is 0 Å². The molecule has 0 amide bonds. The average molecular weight is 119 g/mol. The quantitative estimate of drug-likeness (QED) is 0.524. The zero-order chi connectivity index (χ0) is 6.53. The highest BCUT2D eigenvalue weighted by molar-refractivity contribution is 5.14. The molecule has 1 rings (SSSR count). The first-order valence-electron chi connectivity index (χ1n) is 3.26. The summed E-state index contributed by atoms with van der Waals surface area (Å²) in [5.41, 5.74) is 1.38. The maximum Gasteiger partial charge on any atom is 0.0890 e. The van der Waals surface area contributed by atoms with Gasteiger partial charge in [-0.05, 0) is 5.56 Å².